The standard InChI is InChI=1S/C20H21N3Se/c1-13(2)16-17(14-9-5-3-6-10-14)21-18(15-11-7-4-8-12-15)20-19(16)22-23-24-20/h3-13,16-18,21H,1-2H3. The van der Waals surface area contributed by atoms with Gasteiger partial charge in [-0.2, -0.15) is 0 Å². The van der Waals surface area contributed by atoms with Gasteiger partial charge in [0.1, 0.15) is 0 Å². The number of nitrogens with one attached hydrogen (secondary N) is 1. The molecular formula is C20H21N3Se. The molecule has 4 rings (SSSR count). The Balaban J connectivity index is 1.83. The summed E-state index contributed by atoms with van der Waals surface area (Å²) in [6, 6.07) is 21.9. The second-order valence-corrected chi connectivity index (χ2v) is 8.34. The second-order valence-electron chi connectivity index (χ2n) is 6.69. The van der Waals surface area contributed by atoms with Crippen molar-refractivity contribution in [3.05, 3.63) is 81.9 Å². The van der Waals surface area contributed by atoms with Gasteiger partial charge in [0.25, 0.3) is 0 Å². The maximum absolute atomic E-state index is 4.60. The molecule has 0 aliphatic carbocycles. The van der Waals surface area contributed by atoms with E-state index in [9.17, 15) is 0 Å². The van der Waals surface area contributed by atoms with Gasteiger partial charge in [0, 0.05) is 0 Å². The van der Waals surface area contributed by atoms with Crippen LogP contribution in [0.2, 0.25) is 0 Å². The Morgan fingerprint density at radius 3 is 2.17 bits per heavy atom. The first-order valence-corrected chi connectivity index (χ1v) is 10.1. The van der Waals surface area contributed by atoms with Gasteiger partial charge in [-0.15, -0.1) is 0 Å². The summed E-state index contributed by atoms with van der Waals surface area (Å²) in [5, 5.41) is 8.53. The Labute approximate surface area is 149 Å². The normalized spacial score (nSPS) is 23.2. The molecule has 0 spiro atoms. The van der Waals surface area contributed by atoms with Crippen LogP contribution in [0.15, 0.2) is 60.7 Å². The Bertz CT molecular complexity index is 798. The first kappa shape index (κ1) is 15.8. The summed E-state index contributed by atoms with van der Waals surface area (Å²) < 4.78 is 5.84. The van der Waals surface area contributed by atoms with Crippen molar-refractivity contribution in [2.75, 3.05) is 0 Å². The molecule has 0 radical (unpaired) electrons. The van der Waals surface area contributed by atoms with Gasteiger partial charge < -0.3 is 0 Å². The Hall–Kier alpha value is -1.74. The van der Waals surface area contributed by atoms with Gasteiger partial charge in [-0.3, -0.25) is 0 Å². The van der Waals surface area contributed by atoms with E-state index >= 15 is 0 Å². The molecule has 0 fully saturated rings. The number of hydrogen-bond donors (Lipinski definition) is 1. The predicted molar refractivity (Wildman–Crippen MR) is 97.2 cm³/mol. The Morgan fingerprint density at radius 2 is 1.54 bits per heavy atom. The van der Waals surface area contributed by atoms with Crippen molar-refractivity contribution in [2.24, 2.45) is 5.92 Å². The fourth-order valence-corrected chi connectivity index (χ4v) is 5.38. The second kappa shape index (κ2) is 6.64. The van der Waals surface area contributed by atoms with Crippen LogP contribution in [0.1, 0.15) is 53.1 Å². The predicted octanol–water partition coefficient (Wildman–Crippen LogP) is 3.71. The molecule has 2 aromatic carbocycles. The molecule has 0 saturated heterocycles. The van der Waals surface area contributed by atoms with Crippen LogP contribution in [0.5, 0.6) is 0 Å². The van der Waals surface area contributed by atoms with Crippen LogP contribution in [0.3, 0.4) is 0 Å². The number of hydrogen-bond acceptors (Lipinski definition) is 3. The quantitative estimate of drug-likeness (QED) is 0.702. The molecule has 1 aromatic heterocycles. The molecule has 122 valence electrons. The first-order valence-electron chi connectivity index (χ1n) is 8.44. The fraction of sp³-hybridized carbons (Fsp3) is 0.300. The topological polar surface area (TPSA) is 37.8 Å². The van der Waals surface area contributed by atoms with Gasteiger partial charge in [-0.05, 0) is 0 Å². The zero-order chi connectivity index (χ0) is 16.5. The van der Waals surface area contributed by atoms with Crippen LogP contribution >= 0.6 is 0 Å². The minimum atomic E-state index is 0.109. The molecule has 3 atom stereocenters. The Kier molecular flexibility index (Phi) is 4.36. The van der Waals surface area contributed by atoms with Crippen molar-refractivity contribution >= 4 is 14.7 Å². The minimum absolute atomic E-state index is 0.109. The average molecular weight is 382 g/mol. The summed E-state index contributed by atoms with van der Waals surface area (Å²) in [5.74, 6) is 0.882. The van der Waals surface area contributed by atoms with Crippen LogP contribution in [-0.2, 0) is 0 Å². The summed E-state index contributed by atoms with van der Waals surface area (Å²) in [4.78, 5) is 0. The molecule has 4 heteroatoms. The van der Waals surface area contributed by atoms with Gasteiger partial charge in [-0.1, -0.05) is 0 Å². The SMILES string of the molecule is CC(C)C1c2nn[se]c2C(c2ccccc2)NC1c1ccccc1. The summed E-state index contributed by atoms with van der Waals surface area (Å²) in [7, 11) is 0. The van der Waals surface area contributed by atoms with Crippen LogP contribution in [0.4, 0.5) is 0 Å². The van der Waals surface area contributed by atoms with Gasteiger partial charge >= 0.3 is 149 Å². The zero-order valence-corrected chi connectivity index (χ0v) is 15.6. The van der Waals surface area contributed by atoms with Gasteiger partial charge in [0.2, 0.25) is 0 Å². The molecule has 1 N–H and O–H groups in total. The van der Waals surface area contributed by atoms with E-state index in [1.807, 2.05) is 0 Å². The summed E-state index contributed by atoms with van der Waals surface area (Å²) in [6.45, 7) is 4.58. The molecule has 2 heterocycles. The average Bonchev–Trinajstić information content (AvgIpc) is 3.11. The number of nitrogens with zero attached hydrogens (tertiary/aromatic N) is 2. The molecule has 3 nitrogen and oxygen atoms in total. The first-order chi connectivity index (χ1) is 11.8. The number of rotatable bonds is 3. The van der Waals surface area contributed by atoms with Crippen molar-refractivity contribution in [1.29, 1.82) is 0 Å². The van der Waals surface area contributed by atoms with E-state index in [2.05, 4.69) is 89.0 Å². The monoisotopic (exact) mass is 383 g/mol. The van der Waals surface area contributed by atoms with Crippen LogP contribution in [0.25, 0.3) is 0 Å². The third-order valence-electron chi connectivity index (χ3n) is 4.83. The van der Waals surface area contributed by atoms with Crippen molar-refractivity contribution in [3.8, 4) is 0 Å². The van der Waals surface area contributed by atoms with E-state index in [1.165, 1.54) is 21.3 Å². The number of fused-ring (bicyclic) bond motifs is 1. The van der Waals surface area contributed by atoms with Crippen LogP contribution < -0.4 is 5.32 Å². The molecule has 0 amide bonds. The Morgan fingerprint density at radius 1 is 0.917 bits per heavy atom. The number of benzene rings is 2. The summed E-state index contributed by atoms with van der Waals surface area (Å²) in [5.41, 5.74) is 3.87. The third-order valence-corrected chi connectivity index (χ3v) is 6.52. The van der Waals surface area contributed by atoms with E-state index in [0.29, 0.717) is 11.8 Å². The third kappa shape index (κ3) is 2.75. The molecule has 24 heavy (non-hydrogen) atoms. The molecule has 3 unspecified atom stereocenters. The van der Waals surface area contributed by atoms with E-state index in [0.717, 1.165) is 0 Å². The molecule has 1 aliphatic rings. The summed E-state index contributed by atoms with van der Waals surface area (Å²) >= 11 is 0.109. The van der Waals surface area contributed by atoms with Gasteiger partial charge in [0.05, 0.1) is 0 Å². The van der Waals surface area contributed by atoms with Gasteiger partial charge in [-0.25, -0.2) is 0 Å². The molecule has 0 bridgehead atoms. The molecule has 0 saturated carbocycles. The zero-order valence-electron chi connectivity index (χ0n) is 13.9. The van der Waals surface area contributed by atoms with Crippen molar-refractivity contribution < 1.29 is 0 Å². The summed E-state index contributed by atoms with van der Waals surface area (Å²) in [6.07, 6.45) is 0. The molecule has 3 aromatic rings. The number of aromatic nitrogens is 2. The van der Waals surface area contributed by atoms with Gasteiger partial charge in [0.15, 0.2) is 0 Å². The van der Waals surface area contributed by atoms with E-state index in [-0.39, 0.29) is 26.8 Å². The molecule has 1 aliphatic heterocycles. The van der Waals surface area contributed by atoms with Crippen molar-refractivity contribution in [2.45, 2.75) is 31.8 Å². The van der Waals surface area contributed by atoms with E-state index in [1.54, 1.807) is 0 Å². The van der Waals surface area contributed by atoms with Crippen molar-refractivity contribution in [3.63, 3.8) is 0 Å². The van der Waals surface area contributed by atoms with E-state index in [4.69, 9.17) is 0 Å². The van der Waals surface area contributed by atoms with Crippen LogP contribution in [-0.4, -0.2) is 23.9 Å². The molecular weight excluding hydrogens is 361 g/mol. The van der Waals surface area contributed by atoms with Crippen molar-refractivity contribution in [1.82, 2.24) is 14.5 Å². The fourth-order valence-electron chi connectivity index (χ4n) is 3.71. The van der Waals surface area contributed by atoms with E-state index < -0.39 is 0 Å². The van der Waals surface area contributed by atoms with Crippen LogP contribution in [0, 0.1) is 5.92 Å². The maximum atomic E-state index is 4.60.